The van der Waals surface area contributed by atoms with Gasteiger partial charge in [0.2, 0.25) is 5.91 Å². The highest BCUT2D eigenvalue weighted by molar-refractivity contribution is 5.85. The Balaban J connectivity index is 0.00000264. The van der Waals surface area contributed by atoms with E-state index in [2.05, 4.69) is 6.92 Å². The zero-order valence-electron chi connectivity index (χ0n) is 14.3. The number of nitrogens with two attached hydrogens (primary N) is 1. The molecule has 5 heteroatoms. The molecule has 1 aromatic rings. The fraction of sp³-hybridized carbons (Fsp3) is 0.611. The van der Waals surface area contributed by atoms with Gasteiger partial charge in [-0.15, -0.1) is 12.4 Å². The molecule has 2 N–H and O–H groups in total. The number of halogens is 1. The van der Waals surface area contributed by atoms with E-state index in [1.807, 2.05) is 36.1 Å². The highest BCUT2D eigenvalue weighted by atomic mass is 35.5. The number of carbonyl (C=O) groups excluding carboxylic acids is 1. The maximum atomic E-state index is 12.7. The predicted octanol–water partition coefficient (Wildman–Crippen LogP) is 3.34. The molecule has 1 amide bonds. The molecule has 1 heterocycles. The van der Waals surface area contributed by atoms with Crippen LogP contribution in [0.3, 0.4) is 0 Å². The minimum atomic E-state index is 0. The van der Waals surface area contributed by atoms with Gasteiger partial charge in [0.1, 0.15) is 5.75 Å². The molecule has 130 valence electrons. The van der Waals surface area contributed by atoms with Gasteiger partial charge in [0.25, 0.3) is 0 Å². The van der Waals surface area contributed by atoms with Gasteiger partial charge in [0.05, 0.1) is 7.11 Å². The quantitative estimate of drug-likeness (QED) is 0.894. The number of amides is 1. The SMILES string of the molecule is COc1ccccc1C(C)CC(=O)N1CCCCC1C(C)N.Cl. The molecule has 1 fully saturated rings. The van der Waals surface area contributed by atoms with Gasteiger partial charge in [-0.25, -0.2) is 0 Å². The lowest BCUT2D eigenvalue weighted by Crippen LogP contribution is -2.51. The van der Waals surface area contributed by atoms with Crippen molar-refractivity contribution >= 4 is 18.3 Å². The van der Waals surface area contributed by atoms with Gasteiger partial charge in [-0.05, 0) is 43.7 Å². The third-order valence-electron chi connectivity index (χ3n) is 4.63. The van der Waals surface area contributed by atoms with E-state index in [4.69, 9.17) is 10.5 Å². The van der Waals surface area contributed by atoms with Gasteiger partial charge in [-0.1, -0.05) is 25.1 Å². The summed E-state index contributed by atoms with van der Waals surface area (Å²) in [5, 5.41) is 0. The molecule has 1 aliphatic rings. The van der Waals surface area contributed by atoms with Crippen molar-refractivity contribution in [3.05, 3.63) is 29.8 Å². The number of para-hydroxylation sites is 1. The second kappa shape index (κ2) is 9.14. The number of nitrogens with zero attached hydrogens (tertiary/aromatic N) is 1. The topological polar surface area (TPSA) is 55.6 Å². The Morgan fingerprint density at radius 2 is 2.04 bits per heavy atom. The number of piperidine rings is 1. The number of likely N-dealkylation sites (tertiary alicyclic amines) is 1. The van der Waals surface area contributed by atoms with E-state index in [1.165, 1.54) is 0 Å². The summed E-state index contributed by atoms with van der Waals surface area (Å²) in [4.78, 5) is 14.7. The highest BCUT2D eigenvalue weighted by Gasteiger charge is 2.30. The Labute approximate surface area is 145 Å². The number of hydrogen-bond acceptors (Lipinski definition) is 3. The van der Waals surface area contributed by atoms with Crippen LogP contribution in [0.25, 0.3) is 0 Å². The lowest BCUT2D eigenvalue weighted by atomic mass is 9.93. The molecule has 3 atom stereocenters. The standard InChI is InChI=1S/C18H28N2O2.ClH/c1-13(15-8-4-5-10-17(15)22-3)12-18(21)20-11-7-6-9-16(20)14(2)19;/h4-5,8,10,13-14,16H,6-7,9,11-12,19H2,1-3H3;1H. The van der Waals surface area contributed by atoms with Crippen LogP contribution in [-0.2, 0) is 4.79 Å². The van der Waals surface area contributed by atoms with E-state index in [1.54, 1.807) is 7.11 Å². The van der Waals surface area contributed by atoms with Crippen LogP contribution in [0.4, 0.5) is 0 Å². The Morgan fingerprint density at radius 1 is 1.35 bits per heavy atom. The van der Waals surface area contributed by atoms with E-state index in [0.29, 0.717) is 6.42 Å². The molecule has 2 rings (SSSR count). The van der Waals surface area contributed by atoms with E-state index >= 15 is 0 Å². The van der Waals surface area contributed by atoms with Crippen molar-refractivity contribution in [2.45, 2.75) is 57.5 Å². The monoisotopic (exact) mass is 340 g/mol. The molecule has 0 spiro atoms. The summed E-state index contributed by atoms with van der Waals surface area (Å²) in [7, 11) is 1.67. The number of rotatable bonds is 5. The predicted molar refractivity (Wildman–Crippen MR) is 96.3 cm³/mol. The minimum absolute atomic E-state index is 0. The van der Waals surface area contributed by atoms with Crippen LogP contribution in [0, 0.1) is 0 Å². The zero-order valence-corrected chi connectivity index (χ0v) is 15.1. The molecule has 1 saturated heterocycles. The summed E-state index contributed by atoms with van der Waals surface area (Å²) >= 11 is 0. The van der Waals surface area contributed by atoms with Gasteiger partial charge >= 0.3 is 0 Å². The van der Waals surface area contributed by atoms with Crippen LogP contribution in [0.2, 0.25) is 0 Å². The minimum Gasteiger partial charge on any atom is -0.496 e. The largest absolute Gasteiger partial charge is 0.496 e. The van der Waals surface area contributed by atoms with Crippen molar-refractivity contribution in [1.29, 1.82) is 0 Å². The second-order valence-corrected chi connectivity index (χ2v) is 6.36. The molecule has 1 aromatic carbocycles. The molecule has 23 heavy (non-hydrogen) atoms. The summed E-state index contributed by atoms with van der Waals surface area (Å²) in [5.74, 6) is 1.20. The highest BCUT2D eigenvalue weighted by Crippen LogP contribution is 2.30. The second-order valence-electron chi connectivity index (χ2n) is 6.36. The molecule has 1 aliphatic heterocycles. The van der Waals surface area contributed by atoms with Crippen molar-refractivity contribution in [2.75, 3.05) is 13.7 Å². The van der Waals surface area contributed by atoms with E-state index < -0.39 is 0 Å². The summed E-state index contributed by atoms with van der Waals surface area (Å²) in [5.41, 5.74) is 7.16. The van der Waals surface area contributed by atoms with Gasteiger partial charge in [0, 0.05) is 25.0 Å². The van der Waals surface area contributed by atoms with Crippen molar-refractivity contribution in [3.63, 3.8) is 0 Å². The van der Waals surface area contributed by atoms with Gasteiger partial charge in [0.15, 0.2) is 0 Å². The molecule has 0 saturated carbocycles. The number of ether oxygens (including phenoxy) is 1. The summed E-state index contributed by atoms with van der Waals surface area (Å²) in [6.07, 6.45) is 3.77. The van der Waals surface area contributed by atoms with Crippen molar-refractivity contribution in [2.24, 2.45) is 5.73 Å². The first kappa shape index (κ1) is 19.8. The molecule has 0 bridgehead atoms. The molecule has 4 nitrogen and oxygen atoms in total. The zero-order chi connectivity index (χ0) is 16.1. The van der Waals surface area contributed by atoms with E-state index in [9.17, 15) is 4.79 Å². The first-order chi connectivity index (χ1) is 10.5. The van der Waals surface area contributed by atoms with Crippen LogP contribution in [-0.4, -0.2) is 36.5 Å². The lowest BCUT2D eigenvalue weighted by Gasteiger charge is -2.38. The summed E-state index contributed by atoms with van der Waals surface area (Å²) in [6, 6.07) is 8.15. The molecule has 0 aliphatic carbocycles. The Hall–Kier alpha value is -1.26. The van der Waals surface area contributed by atoms with Gasteiger partial charge in [-0.2, -0.15) is 0 Å². The number of methoxy groups -OCH3 is 1. The van der Waals surface area contributed by atoms with Crippen molar-refractivity contribution in [3.8, 4) is 5.75 Å². The van der Waals surface area contributed by atoms with Gasteiger partial charge < -0.3 is 15.4 Å². The molecule has 0 radical (unpaired) electrons. The van der Waals surface area contributed by atoms with Crippen LogP contribution in [0.5, 0.6) is 5.75 Å². The number of hydrogen-bond donors (Lipinski definition) is 1. The smallest absolute Gasteiger partial charge is 0.223 e. The number of benzene rings is 1. The summed E-state index contributed by atoms with van der Waals surface area (Å²) in [6.45, 7) is 4.92. The Morgan fingerprint density at radius 3 is 2.70 bits per heavy atom. The van der Waals surface area contributed by atoms with Crippen LogP contribution < -0.4 is 10.5 Å². The molecular formula is C18H29ClN2O2. The normalized spacial score (nSPS) is 20.3. The fourth-order valence-electron chi connectivity index (χ4n) is 3.38. The maximum Gasteiger partial charge on any atom is 0.223 e. The Bertz CT molecular complexity index is 508. The van der Waals surface area contributed by atoms with Crippen LogP contribution in [0.15, 0.2) is 24.3 Å². The fourth-order valence-corrected chi connectivity index (χ4v) is 3.38. The van der Waals surface area contributed by atoms with E-state index in [-0.39, 0.29) is 36.3 Å². The Kier molecular flexibility index (Phi) is 7.86. The summed E-state index contributed by atoms with van der Waals surface area (Å²) < 4.78 is 5.41. The van der Waals surface area contributed by atoms with Crippen LogP contribution >= 0.6 is 12.4 Å². The van der Waals surface area contributed by atoms with Crippen molar-refractivity contribution < 1.29 is 9.53 Å². The van der Waals surface area contributed by atoms with Gasteiger partial charge in [-0.3, -0.25) is 4.79 Å². The lowest BCUT2D eigenvalue weighted by molar-refractivity contribution is -0.135. The maximum absolute atomic E-state index is 12.7. The van der Waals surface area contributed by atoms with Crippen LogP contribution in [0.1, 0.15) is 51.0 Å². The molecule has 0 aromatic heterocycles. The number of carbonyl (C=O) groups is 1. The first-order valence-corrected chi connectivity index (χ1v) is 8.22. The average molecular weight is 341 g/mol. The third-order valence-corrected chi connectivity index (χ3v) is 4.63. The molecule has 3 unspecified atom stereocenters. The molecular weight excluding hydrogens is 312 g/mol. The van der Waals surface area contributed by atoms with Crippen molar-refractivity contribution in [1.82, 2.24) is 4.90 Å². The third kappa shape index (κ3) is 4.85. The first-order valence-electron chi connectivity index (χ1n) is 8.22. The average Bonchev–Trinajstić information content (AvgIpc) is 2.54. The van der Waals surface area contributed by atoms with E-state index in [0.717, 1.165) is 37.1 Å².